The molecule has 0 spiro atoms. The molecule has 0 saturated carbocycles. The lowest BCUT2D eigenvalue weighted by Gasteiger charge is -2.07. The van der Waals surface area contributed by atoms with Gasteiger partial charge in [0.1, 0.15) is 0 Å². The number of nitrogens with zero attached hydrogens (tertiary/aromatic N) is 3. The molecule has 0 radical (unpaired) electrons. The highest BCUT2D eigenvalue weighted by molar-refractivity contribution is 7.98. The summed E-state index contributed by atoms with van der Waals surface area (Å²) in [6.07, 6.45) is 0. The third-order valence-electron chi connectivity index (χ3n) is 4.29. The summed E-state index contributed by atoms with van der Waals surface area (Å²) >= 11 is 1.60. The highest BCUT2D eigenvalue weighted by Gasteiger charge is 2.14. The maximum absolute atomic E-state index is 6.25. The molecule has 0 fully saturated rings. The molecule has 4 aromatic rings. The number of nitrogens with two attached hydrogens (primary N) is 1. The quantitative estimate of drug-likeness (QED) is 0.439. The predicted octanol–water partition coefficient (Wildman–Crippen LogP) is 4.41. The molecule has 0 aliphatic rings. The maximum Gasteiger partial charge on any atom is 0.210 e. The van der Waals surface area contributed by atoms with Gasteiger partial charge in [-0.1, -0.05) is 78.5 Å². The van der Waals surface area contributed by atoms with Crippen molar-refractivity contribution in [3.8, 4) is 11.4 Å². The summed E-state index contributed by atoms with van der Waals surface area (Å²) in [6.45, 7) is 2.05. The minimum absolute atomic E-state index is 0.693. The second kappa shape index (κ2) is 6.61. The van der Waals surface area contributed by atoms with Crippen LogP contribution in [0, 0.1) is 6.92 Å². The molecule has 0 bridgehead atoms. The standard InChI is InChI=1S/C20H18N4S/c1-14-7-2-4-11-17(14)19-22-23-20(24(19)21)25-13-16-10-6-9-15-8-3-5-12-18(15)16/h2-12H,13,21H2,1H3. The average Bonchev–Trinajstić information content (AvgIpc) is 3.01. The normalized spacial score (nSPS) is 11.1. The molecule has 1 aromatic heterocycles. The summed E-state index contributed by atoms with van der Waals surface area (Å²) in [5.74, 6) is 7.74. The third-order valence-corrected chi connectivity index (χ3v) is 5.28. The lowest BCUT2D eigenvalue weighted by Crippen LogP contribution is -2.12. The zero-order chi connectivity index (χ0) is 17.2. The lowest BCUT2D eigenvalue weighted by molar-refractivity contribution is 0.849. The van der Waals surface area contributed by atoms with Crippen LogP contribution >= 0.6 is 11.8 Å². The van der Waals surface area contributed by atoms with Crippen LogP contribution in [0.4, 0.5) is 0 Å². The van der Waals surface area contributed by atoms with Gasteiger partial charge in [-0.25, -0.2) is 4.68 Å². The number of aryl methyl sites for hydroxylation is 1. The molecule has 25 heavy (non-hydrogen) atoms. The second-order valence-electron chi connectivity index (χ2n) is 5.92. The molecule has 1 heterocycles. The summed E-state index contributed by atoms with van der Waals surface area (Å²) in [5.41, 5.74) is 3.41. The van der Waals surface area contributed by atoms with Crippen LogP contribution in [-0.4, -0.2) is 14.9 Å². The Morgan fingerprint density at radius 1 is 0.920 bits per heavy atom. The molecule has 0 aliphatic carbocycles. The van der Waals surface area contributed by atoms with Gasteiger partial charge in [-0.3, -0.25) is 0 Å². The van der Waals surface area contributed by atoms with E-state index >= 15 is 0 Å². The van der Waals surface area contributed by atoms with Gasteiger partial charge in [0, 0.05) is 11.3 Å². The zero-order valence-electron chi connectivity index (χ0n) is 13.9. The summed E-state index contributed by atoms with van der Waals surface area (Å²) in [7, 11) is 0. The Bertz CT molecular complexity index is 1030. The first-order valence-corrected chi connectivity index (χ1v) is 9.08. The van der Waals surface area contributed by atoms with E-state index in [9.17, 15) is 0 Å². The fraction of sp³-hybridized carbons (Fsp3) is 0.100. The topological polar surface area (TPSA) is 56.7 Å². The van der Waals surface area contributed by atoms with Crippen LogP contribution in [0.15, 0.2) is 71.9 Å². The van der Waals surface area contributed by atoms with Gasteiger partial charge in [-0.05, 0) is 28.8 Å². The van der Waals surface area contributed by atoms with Gasteiger partial charge in [-0.15, -0.1) is 10.2 Å². The number of fused-ring (bicyclic) bond motifs is 1. The van der Waals surface area contributed by atoms with Crippen molar-refractivity contribution in [1.29, 1.82) is 0 Å². The number of hydrogen-bond acceptors (Lipinski definition) is 4. The van der Waals surface area contributed by atoms with Gasteiger partial charge in [0.05, 0.1) is 0 Å². The fourth-order valence-corrected chi connectivity index (χ4v) is 3.80. The predicted molar refractivity (Wildman–Crippen MR) is 104 cm³/mol. The third kappa shape index (κ3) is 2.98. The highest BCUT2D eigenvalue weighted by Crippen LogP contribution is 2.28. The molecule has 3 aromatic carbocycles. The first kappa shape index (κ1) is 15.7. The Morgan fingerprint density at radius 2 is 1.68 bits per heavy atom. The molecule has 2 N–H and O–H groups in total. The molecule has 5 heteroatoms. The molecule has 0 aliphatic heterocycles. The Balaban J connectivity index is 1.61. The van der Waals surface area contributed by atoms with Crippen LogP contribution in [-0.2, 0) is 5.75 Å². The van der Waals surface area contributed by atoms with Gasteiger partial charge >= 0.3 is 0 Å². The minimum Gasteiger partial charge on any atom is -0.335 e. The van der Waals surface area contributed by atoms with Crippen molar-refractivity contribution in [2.24, 2.45) is 0 Å². The van der Waals surface area contributed by atoms with Crippen molar-refractivity contribution in [3.63, 3.8) is 0 Å². The summed E-state index contributed by atoms with van der Waals surface area (Å²) in [5, 5.41) is 11.8. The molecule has 4 rings (SSSR count). The van der Waals surface area contributed by atoms with Crippen LogP contribution in [0.5, 0.6) is 0 Å². The Kier molecular flexibility index (Phi) is 4.15. The number of thioether (sulfide) groups is 1. The molecule has 0 amide bonds. The number of benzene rings is 3. The lowest BCUT2D eigenvalue weighted by atomic mass is 10.1. The van der Waals surface area contributed by atoms with E-state index in [1.807, 2.05) is 31.2 Å². The number of hydrogen-bond donors (Lipinski definition) is 1. The number of nitrogen functional groups attached to an aromatic ring is 1. The number of rotatable bonds is 4. The Morgan fingerprint density at radius 3 is 2.56 bits per heavy atom. The summed E-state index contributed by atoms with van der Waals surface area (Å²) in [4.78, 5) is 0. The number of aromatic nitrogens is 3. The fourth-order valence-electron chi connectivity index (χ4n) is 2.94. The van der Waals surface area contributed by atoms with Crippen LogP contribution in [0.25, 0.3) is 22.2 Å². The Hall–Kier alpha value is -2.79. The van der Waals surface area contributed by atoms with Crippen molar-refractivity contribution in [2.75, 3.05) is 5.84 Å². The minimum atomic E-state index is 0.693. The Labute approximate surface area is 150 Å². The zero-order valence-corrected chi connectivity index (χ0v) is 14.7. The monoisotopic (exact) mass is 346 g/mol. The van der Waals surface area contributed by atoms with E-state index in [1.165, 1.54) is 16.3 Å². The van der Waals surface area contributed by atoms with E-state index in [0.717, 1.165) is 16.9 Å². The molecular weight excluding hydrogens is 328 g/mol. The van der Waals surface area contributed by atoms with Gasteiger partial charge in [0.25, 0.3) is 0 Å². The average molecular weight is 346 g/mol. The van der Waals surface area contributed by atoms with Crippen molar-refractivity contribution in [3.05, 3.63) is 77.9 Å². The van der Waals surface area contributed by atoms with Crippen molar-refractivity contribution >= 4 is 22.5 Å². The van der Waals surface area contributed by atoms with E-state index in [-0.39, 0.29) is 0 Å². The maximum atomic E-state index is 6.25. The van der Waals surface area contributed by atoms with E-state index in [0.29, 0.717) is 11.0 Å². The van der Waals surface area contributed by atoms with Gasteiger partial charge in [0.15, 0.2) is 5.82 Å². The largest absolute Gasteiger partial charge is 0.335 e. The molecule has 0 atom stereocenters. The van der Waals surface area contributed by atoms with Crippen LogP contribution in [0.3, 0.4) is 0 Å². The molecule has 0 saturated heterocycles. The van der Waals surface area contributed by atoms with E-state index in [1.54, 1.807) is 16.4 Å². The van der Waals surface area contributed by atoms with E-state index in [4.69, 9.17) is 5.84 Å². The van der Waals surface area contributed by atoms with Crippen molar-refractivity contribution < 1.29 is 0 Å². The molecular formula is C20H18N4S. The molecule has 124 valence electrons. The van der Waals surface area contributed by atoms with Crippen molar-refractivity contribution in [1.82, 2.24) is 14.9 Å². The molecule has 4 nitrogen and oxygen atoms in total. The smallest absolute Gasteiger partial charge is 0.210 e. The van der Waals surface area contributed by atoms with Gasteiger partial charge < -0.3 is 5.84 Å². The van der Waals surface area contributed by atoms with Crippen LogP contribution in [0.1, 0.15) is 11.1 Å². The van der Waals surface area contributed by atoms with Gasteiger partial charge in [-0.2, -0.15) is 0 Å². The van der Waals surface area contributed by atoms with Gasteiger partial charge in [0.2, 0.25) is 5.16 Å². The van der Waals surface area contributed by atoms with E-state index in [2.05, 4.69) is 52.7 Å². The highest BCUT2D eigenvalue weighted by atomic mass is 32.2. The van der Waals surface area contributed by atoms with Crippen LogP contribution in [0.2, 0.25) is 0 Å². The van der Waals surface area contributed by atoms with E-state index < -0.39 is 0 Å². The summed E-state index contributed by atoms with van der Waals surface area (Å²) in [6, 6.07) is 22.8. The van der Waals surface area contributed by atoms with Crippen molar-refractivity contribution in [2.45, 2.75) is 17.8 Å². The van der Waals surface area contributed by atoms with Crippen LogP contribution < -0.4 is 5.84 Å². The molecule has 0 unspecified atom stereocenters. The second-order valence-corrected chi connectivity index (χ2v) is 6.86. The first-order valence-electron chi connectivity index (χ1n) is 8.10. The first-order chi connectivity index (χ1) is 12.2. The summed E-state index contributed by atoms with van der Waals surface area (Å²) < 4.78 is 1.58. The SMILES string of the molecule is Cc1ccccc1-c1nnc(SCc2cccc3ccccc23)n1N.